The number of aliphatic carboxylic acids is 1. The van der Waals surface area contributed by atoms with Crippen molar-refractivity contribution in [1.82, 2.24) is 25.5 Å². The molecule has 1 rings (SSSR count). The molecule has 1 heterocycles. The van der Waals surface area contributed by atoms with Gasteiger partial charge in [-0.25, -0.2) is 4.68 Å². The minimum atomic E-state index is -0.808. The molecule has 78 valence electrons. The number of tetrazole rings is 1. The topological polar surface area (TPSA) is 95.8 Å². The molecule has 0 atom stereocenters. The third-order valence-corrected chi connectivity index (χ3v) is 1.86. The Hall–Kier alpha value is -1.28. The fourth-order valence-electron chi connectivity index (χ4n) is 0.873. The van der Waals surface area contributed by atoms with E-state index in [2.05, 4.69) is 20.8 Å². The van der Waals surface area contributed by atoms with E-state index in [-0.39, 0.29) is 6.42 Å². The number of nitrogens with one attached hydrogen (secondary N) is 2. The van der Waals surface area contributed by atoms with Gasteiger partial charge in [-0.2, -0.15) is 5.21 Å². The number of aromatic nitrogens is 4. The molecule has 0 saturated heterocycles. The standard InChI is InChI=1S/C6H11N5O2S/c12-5(13)1-2-7-3-4-11-6(14)8-9-10-11/h7H,1-4H2,(H,12,13)(H,8,10,14). The Morgan fingerprint density at radius 2 is 2.43 bits per heavy atom. The lowest BCUT2D eigenvalue weighted by Crippen LogP contribution is -2.23. The van der Waals surface area contributed by atoms with E-state index in [4.69, 9.17) is 17.3 Å². The molecule has 0 aromatic carbocycles. The Kier molecular flexibility index (Phi) is 4.20. The molecule has 1 aromatic rings. The molecule has 3 N–H and O–H groups in total. The zero-order valence-electron chi connectivity index (χ0n) is 7.43. The van der Waals surface area contributed by atoms with Gasteiger partial charge in [-0.1, -0.05) is 10.3 Å². The average Bonchev–Trinajstić information content (AvgIpc) is 2.51. The molecule has 7 nitrogen and oxygen atoms in total. The van der Waals surface area contributed by atoms with Crippen molar-refractivity contribution in [3.8, 4) is 0 Å². The van der Waals surface area contributed by atoms with Crippen molar-refractivity contribution < 1.29 is 9.90 Å². The van der Waals surface area contributed by atoms with Crippen LogP contribution in [0, 0.1) is 4.77 Å². The molecule has 0 amide bonds. The van der Waals surface area contributed by atoms with Crippen LogP contribution in [0.4, 0.5) is 0 Å². The molecule has 0 saturated carbocycles. The molecule has 0 fully saturated rings. The number of hydrogen-bond acceptors (Lipinski definition) is 5. The first kappa shape index (κ1) is 10.8. The van der Waals surface area contributed by atoms with E-state index < -0.39 is 5.97 Å². The summed E-state index contributed by atoms with van der Waals surface area (Å²) in [6, 6.07) is 0. The molecular formula is C6H11N5O2S. The van der Waals surface area contributed by atoms with Crippen molar-refractivity contribution >= 4 is 18.2 Å². The van der Waals surface area contributed by atoms with Crippen LogP contribution in [0.5, 0.6) is 0 Å². The van der Waals surface area contributed by atoms with E-state index in [0.717, 1.165) is 0 Å². The molecule has 0 aliphatic heterocycles. The second kappa shape index (κ2) is 5.45. The SMILES string of the molecule is O=C(O)CCNCCn1[nH]nnc1=S. The van der Waals surface area contributed by atoms with Gasteiger partial charge in [0.15, 0.2) is 0 Å². The summed E-state index contributed by atoms with van der Waals surface area (Å²) in [7, 11) is 0. The number of carbonyl (C=O) groups is 1. The molecule has 0 unspecified atom stereocenters. The van der Waals surface area contributed by atoms with Gasteiger partial charge in [0.25, 0.3) is 0 Å². The van der Waals surface area contributed by atoms with Crippen molar-refractivity contribution in [2.75, 3.05) is 13.1 Å². The molecule has 0 aliphatic rings. The lowest BCUT2D eigenvalue weighted by atomic mass is 10.4. The molecule has 8 heteroatoms. The van der Waals surface area contributed by atoms with E-state index in [1.54, 1.807) is 4.68 Å². The number of nitrogens with zero attached hydrogens (tertiary/aromatic N) is 3. The Labute approximate surface area is 85.1 Å². The van der Waals surface area contributed by atoms with E-state index in [9.17, 15) is 4.79 Å². The summed E-state index contributed by atoms with van der Waals surface area (Å²) < 4.78 is 1.99. The number of carboxylic acids is 1. The number of aromatic amines is 1. The number of H-pyrrole nitrogens is 1. The molecule has 14 heavy (non-hydrogen) atoms. The maximum absolute atomic E-state index is 10.2. The highest BCUT2D eigenvalue weighted by Crippen LogP contribution is 1.82. The Morgan fingerprint density at radius 1 is 1.64 bits per heavy atom. The summed E-state index contributed by atoms with van der Waals surface area (Å²) in [6.07, 6.45) is 0.118. The molecule has 0 aliphatic carbocycles. The first-order valence-corrected chi connectivity index (χ1v) is 4.51. The third-order valence-electron chi connectivity index (χ3n) is 1.56. The van der Waals surface area contributed by atoms with Gasteiger partial charge in [-0.05, 0) is 12.2 Å². The maximum atomic E-state index is 10.2. The van der Waals surface area contributed by atoms with Crippen LogP contribution in [-0.4, -0.2) is 44.4 Å². The zero-order valence-corrected chi connectivity index (χ0v) is 8.25. The van der Waals surface area contributed by atoms with E-state index in [0.29, 0.717) is 24.4 Å². The van der Waals surface area contributed by atoms with Gasteiger partial charge in [0.05, 0.1) is 13.0 Å². The van der Waals surface area contributed by atoms with Gasteiger partial charge in [-0.15, -0.1) is 0 Å². The number of hydrogen-bond donors (Lipinski definition) is 3. The van der Waals surface area contributed by atoms with Gasteiger partial charge >= 0.3 is 5.97 Å². The lowest BCUT2D eigenvalue weighted by Gasteiger charge is -2.02. The summed E-state index contributed by atoms with van der Waals surface area (Å²) in [5, 5.41) is 21.0. The quantitative estimate of drug-likeness (QED) is 0.435. The van der Waals surface area contributed by atoms with Crippen molar-refractivity contribution in [1.29, 1.82) is 0 Å². The van der Waals surface area contributed by atoms with Gasteiger partial charge in [0.2, 0.25) is 4.77 Å². The first-order chi connectivity index (χ1) is 6.70. The summed E-state index contributed by atoms with van der Waals surface area (Å²) in [5.74, 6) is -0.808. The van der Waals surface area contributed by atoms with Crippen LogP contribution in [0.2, 0.25) is 0 Å². The maximum Gasteiger partial charge on any atom is 0.304 e. The summed E-state index contributed by atoms with van der Waals surface area (Å²) >= 11 is 4.84. The highest BCUT2D eigenvalue weighted by atomic mass is 32.1. The van der Waals surface area contributed by atoms with Crippen LogP contribution in [0.1, 0.15) is 6.42 Å². The Balaban J connectivity index is 2.13. The fraction of sp³-hybridized carbons (Fsp3) is 0.667. The van der Waals surface area contributed by atoms with E-state index in [1.165, 1.54) is 0 Å². The molecule has 0 spiro atoms. The minimum Gasteiger partial charge on any atom is -0.481 e. The van der Waals surface area contributed by atoms with Gasteiger partial charge < -0.3 is 10.4 Å². The van der Waals surface area contributed by atoms with Crippen molar-refractivity contribution in [3.63, 3.8) is 0 Å². The van der Waals surface area contributed by atoms with Crippen molar-refractivity contribution in [3.05, 3.63) is 4.77 Å². The van der Waals surface area contributed by atoms with Crippen LogP contribution < -0.4 is 5.32 Å². The second-order valence-corrected chi connectivity index (χ2v) is 2.99. The van der Waals surface area contributed by atoms with Gasteiger partial charge in [0.1, 0.15) is 0 Å². The molecule has 0 bridgehead atoms. The van der Waals surface area contributed by atoms with Crippen LogP contribution in [0.25, 0.3) is 0 Å². The number of rotatable bonds is 6. The fourth-order valence-corrected chi connectivity index (χ4v) is 1.05. The van der Waals surface area contributed by atoms with Crippen molar-refractivity contribution in [2.45, 2.75) is 13.0 Å². The summed E-state index contributed by atoms with van der Waals surface area (Å²) in [6.45, 7) is 1.68. The minimum absolute atomic E-state index is 0.118. The van der Waals surface area contributed by atoms with Crippen LogP contribution in [0.15, 0.2) is 0 Å². The van der Waals surface area contributed by atoms with Crippen LogP contribution >= 0.6 is 12.2 Å². The second-order valence-electron chi connectivity index (χ2n) is 2.63. The zero-order chi connectivity index (χ0) is 10.4. The smallest absolute Gasteiger partial charge is 0.304 e. The van der Waals surface area contributed by atoms with Gasteiger partial charge in [0, 0.05) is 13.1 Å². The predicted molar refractivity (Wildman–Crippen MR) is 50.3 cm³/mol. The average molecular weight is 217 g/mol. The predicted octanol–water partition coefficient (Wildman–Crippen LogP) is -0.600. The summed E-state index contributed by atoms with van der Waals surface area (Å²) in [4.78, 5) is 10.2. The van der Waals surface area contributed by atoms with E-state index >= 15 is 0 Å². The largest absolute Gasteiger partial charge is 0.481 e. The molecular weight excluding hydrogens is 206 g/mol. The molecule has 0 radical (unpaired) electrons. The third kappa shape index (κ3) is 3.62. The first-order valence-electron chi connectivity index (χ1n) is 4.10. The highest BCUT2D eigenvalue weighted by molar-refractivity contribution is 7.71. The lowest BCUT2D eigenvalue weighted by molar-refractivity contribution is -0.136. The van der Waals surface area contributed by atoms with Gasteiger partial charge in [-0.3, -0.25) is 4.79 Å². The Morgan fingerprint density at radius 3 is 3.00 bits per heavy atom. The number of carboxylic acid groups (broad SMARTS) is 1. The Bertz CT molecular complexity index is 346. The highest BCUT2D eigenvalue weighted by Gasteiger charge is 1.96. The molecule has 1 aromatic heterocycles. The van der Waals surface area contributed by atoms with Crippen LogP contribution in [0.3, 0.4) is 0 Å². The monoisotopic (exact) mass is 217 g/mol. The van der Waals surface area contributed by atoms with Crippen molar-refractivity contribution in [2.24, 2.45) is 0 Å². The van der Waals surface area contributed by atoms with Crippen LogP contribution in [-0.2, 0) is 11.3 Å². The van der Waals surface area contributed by atoms with E-state index in [1.807, 2.05) is 0 Å². The summed E-state index contributed by atoms with van der Waals surface area (Å²) in [5.41, 5.74) is 0. The normalized spacial score (nSPS) is 10.3.